The summed E-state index contributed by atoms with van der Waals surface area (Å²) < 4.78 is 26.3. The van der Waals surface area contributed by atoms with Gasteiger partial charge in [-0.15, -0.1) is 0 Å². The standard InChI is InChI=1S/C13H23NO4S/c15-13(16)8-9-14(12-6-7-12)19(17,18)10-11-4-2-1-3-5-11/h11-12H,1-10H2,(H,15,16). The van der Waals surface area contributed by atoms with Crippen LogP contribution in [0.25, 0.3) is 0 Å². The molecule has 1 N–H and O–H groups in total. The number of sulfonamides is 1. The lowest BCUT2D eigenvalue weighted by molar-refractivity contribution is -0.137. The van der Waals surface area contributed by atoms with Crippen LogP contribution in [0.2, 0.25) is 0 Å². The first-order valence-electron chi connectivity index (χ1n) is 7.20. The van der Waals surface area contributed by atoms with Crippen LogP contribution in [-0.2, 0) is 14.8 Å². The summed E-state index contributed by atoms with van der Waals surface area (Å²) in [5.74, 6) is -0.452. The zero-order chi connectivity index (χ0) is 13.9. The van der Waals surface area contributed by atoms with E-state index >= 15 is 0 Å². The zero-order valence-electron chi connectivity index (χ0n) is 11.3. The van der Waals surface area contributed by atoms with Crippen LogP contribution in [0.15, 0.2) is 0 Å². The van der Waals surface area contributed by atoms with Crippen molar-refractivity contribution in [2.24, 2.45) is 5.92 Å². The van der Waals surface area contributed by atoms with E-state index in [-0.39, 0.29) is 30.7 Å². The third kappa shape index (κ3) is 4.45. The van der Waals surface area contributed by atoms with Gasteiger partial charge in [0, 0.05) is 12.6 Å². The third-order valence-electron chi connectivity index (χ3n) is 4.03. The molecule has 0 aromatic heterocycles. The highest BCUT2D eigenvalue weighted by Gasteiger charge is 2.38. The Morgan fingerprint density at radius 1 is 1.11 bits per heavy atom. The highest BCUT2D eigenvalue weighted by Crippen LogP contribution is 2.32. The molecule has 0 atom stereocenters. The number of carboxylic acids is 1. The molecule has 2 fully saturated rings. The Morgan fingerprint density at radius 2 is 1.74 bits per heavy atom. The van der Waals surface area contributed by atoms with E-state index in [2.05, 4.69) is 0 Å². The number of carboxylic acid groups (broad SMARTS) is 1. The van der Waals surface area contributed by atoms with E-state index in [1.165, 1.54) is 10.7 Å². The van der Waals surface area contributed by atoms with Gasteiger partial charge in [-0.1, -0.05) is 19.3 Å². The Kier molecular flexibility index (Phi) is 4.84. The fraction of sp³-hybridized carbons (Fsp3) is 0.923. The lowest BCUT2D eigenvalue weighted by Crippen LogP contribution is -2.38. The largest absolute Gasteiger partial charge is 0.481 e. The van der Waals surface area contributed by atoms with Gasteiger partial charge in [0.1, 0.15) is 0 Å². The summed E-state index contributed by atoms with van der Waals surface area (Å²) in [4.78, 5) is 10.6. The smallest absolute Gasteiger partial charge is 0.304 e. The molecule has 2 aliphatic carbocycles. The average molecular weight is 289 g/mol. The monoisotopic (exact) mass is 289 g/mol. The van der Waals surface area contributed by atoms with E-state index in [0.29, 0.717) is 0 Å². The molecule has 0 aliphatic heterocycles. The van der Waals surface area contributed by atoms with Crippen molar-refractivity contribution in [2.45, 2.75) is 57.4 Å². The molecule has 0 amide bonds. The molecule has 0 bridgehead atoms. The Hall–Kier alpha value is -0.620. The topological polar surface area (TPSA) is 74.7 Å². The Bertz CT molecular complexity index is 410. The lowest BCUT2D eigenvalue weighted by atomic mass is 9.91. The molecule has 2 saturated carbocycles. The Balaban J connectivity index is 1.95. The van der Waals surface area contributed by atoms with Crippen LogP contribution < -0.4 is 0 Å². The van der Waals surface area contributed by atoms with Crippen LogP contribution in [0.3, 0.4) is 0 Å². The van der Waals surface area contributed by atoms with Gasteiger partial charge in [-0.25, -0.2) is 8.42 Å². The summed E-state index contributed by atoms with van der Waals surface area (Å²) in [7, 11) is -3.28. The van der Waals surface area contributed by atoms with Gasteiger partial charge in [-0.05, 0) is 31.6 Å². The highest BCUT2D eigenvalue weighted by atomic mass is 32.2. The Labute approximate surface area is 115 Å². The summed E-state index contributed by atoms with van der Waals surface area (Å²) in [6, 6.07) is 0.0629. The van der Waals surface area contributed by atoms with Crippen molar-refractivity contribution < 1.29 is 18.3 Å². The van der Waals surface area contributed by atoms with E-state index in [9.17, 15) is 13.2 Å². The van der Waals surface area contributed by atoms with Crippen LogP contribution in [0.1, 0.15) is 51.4 Å². The molecule has 0 radical (unpaired) electrons. The Morgan fingerprint density at radius 3 is 2.26 bits per heavy atom. The minimum Gasteiger partial charge on any atom is -0.481 e. The fourth-order valence-corrected chi connectivity index (χ4v) is 5.02. The van der Waals surface area contributed by atoms with Gasteiger partial charge >= 0.3 is 5.97 Å². The molecule has 0 saturated heterocycles. The second-order valence-corrected chi connectivity index (χ2v) is 7.73. The van der Waals surface area contributed by atoms with Gasteiger partial charge in [-0.3, -0.25) is 4.79 Å². The molecule has 5 nitrogen and oxygen atoms in total. The quantitative estimate of drug-likeness (QED) is 0.776. The highest BCUT2D eigenvalue weighted by molar-refractivity contribution is 7.89. The molecule has 2 rings (SSSR count). The summed E-state index contributed by atoms with van der Waals surface area (Å²) in [6.07, 6.45) is 7.11. The van der Waals surface area contributed by atoms with E-state index in [0.717, 1.165) is 38.5 Å². The number of aliphatic carboxylic acids is 1. The van der Waals surface area contributed by atoms with Gasteiger partial charge in [-0.2, -0.15) is 4.31 Å². The maximum absolute atomic E-state index is 12.4. The third-order valence-corrected chi connectivity index (χ3v) is 6.12. The molecular formula is C13H23NO4S. The predicted molar refractivity (Wildman–Crippen MR) is 72.3 cm³/mol. The molecule has 2 aliphatic rings. The molecule has 0 heterocycles. The molecule has 0 aromatic rings. The number of rotatable bonds is 7. The molecule has 110 valence electrons. The maximum Gasteiger partial charge on any atom is 0.304 e. The van der Waals surface area contributed by atoms with Crippen molar-refractivity contribution in [1.82, 2.24) is 4.31 Å². The van der Waals surface area contributed by atoms with Crippen LogP contribution in [-0.4, -0.2) is 42.1 Å². The van der Waals surface area contributed by atoms with Crippen LogP contribution >= 0.6 is 0 Å². The van der Waals surface area contributed by atoms with Crippen molar-refractivity contribution in [1.29, 1.82) is 0 Å². The van der Waals surface area contributed by atoms with Gasteiger partial charge in [0.25, 0.3) is 0 Å². The second kappa shape index (κ2) is 6.22. The molecule has 19 heavy (non-hydrogen) atoms. The number of hydrogen-bond acceptors (Lipinski definition) is 3. The summed E-state index contributed by atoms with van der Waals surface area (Å²) in [5.41, 5.74) is 0. The molecule has 0 aromatic carbocycles. The van der Waals surface area contributed by atoms with Crippen molar-refractivity contribution in [2.75, 3.05) is 12.3 Å². The van der Waals surface area contributed by atoms with Crippen LogP contribution in [0.4, 0.5) is 0 Å². The summed E-state index contributed by atoms with van der Waals surface area (Å²) >= 11 is 0. The van der Waals surface area contributed by atoms with Crippen molar-refractivity contribution >= 4 is 16.0 Å². The number of carbonyl (C=O) groups is 1. The lowest BCUT2D eigenvalue weighted by Gasteiger charge is -2.26. The normalized spacial score (nSPS) is 21.7. The first-order chi connectivity index (χ1) is 8.99. The number of nitrogens with zero attached hydrogens (tertiary/aromatic N) is 1. The minimum absolute atomic E-state index is 0.0629. The molecular weight excluding hydrogens is 266 g/mol. The summed E-state index contributed by atoms with van der Waals surface area (Å²) in [5, 5.41) is 8.73. The fourth-order valence-electron chi connectivity index (χ4n) is 2.86. The van der Waals surface area contributed by atoms with Gasteiger partial charge in [0.05, 0.1) is 12.2 Å². The van der Waals surface area contributed by atoms with Crippen molar-refractivity contribution in [3.05, 3.63) is 0 Å². The van der Waals surface area contributed by atoms with Gasteiger partial charge in [0.15, 0.2) is 0 Å². The van der Waals surface area contributed by atoms with Crippen LogP contribution in [0, 0.1) is 5.92 Å². The molecule has 0 spiro atoms. The zero-order valence-corrected chi connectivity index (χ0v) is 12.1. The predicted octanol–water partition coefficient (Wildman–Crippen LogP) is 1.84. The maximum atomic E-state index is 12.4. The first kappa shape index (κ1) is 14.8. The van der Waals surface area contributed by atoms with Gasteiger partial charge in [0.2, 0.25) is 10.0 Å². The molecule has 6 heteroatoms. The minimum atomic E-state index is -3.28. The van der Waals surface area contributed by atoms with Crippen molar-refractivity contribution in [3.63, 3.8) is 0 Å². The van der Waals surface area contributed by atoms with Crippen LogP contribution in [0.5, 0.6) is 0 Å². The van der Waals surface area contributed by atoms with E-state index in [4.69, 9.17) is 5.11 Å². The second-order valence-electron chi connectivity index (χ2n) is 5.77. The van der Waals surface area contributed by atoms with E-state index in [1.807, 2.05) is 0 Å². The SMILES string of the molecule is O=C(O)CCN(C1CC1)S(=O)(=O)CC1CCCCC1. The van der Waals surface area contributed by atoms with Gasteiger partial charge < -0.3 is 5.11 Å². The van der Waals surface area contributed by atoms with Crippen molar-refractivity contribution in [3.8, 4) is 0 Å². The summed E-state index contributed by atoms with van der Waals surface area (Å²) in [6.45, 7) is 0.134. The van der Waals surface area contributed by atoms with E-state index in [1.54, 1.807) is 0 Å². The molecule has 0 unspecified atom stereocenters. The van der Waals surface area contributed by atoms with E-state index < -0.39 is 16.0 Å². The average Bonchev–Trinajstić information content (AvgIpc) is 3.13. The first-order valence-corrected chi connectivity index (χ1v) is 8.81. The number of hydrogen-bond donors (Lipinski definition) is 1.